The van der Waals surface area contributed by atoms with Gasteiger partial charge in [0, 0.05) is 30.4 Å². The number of likely N-dealkylation sites (N-methyl/N-ethyl adjacent to an activating group) is 1. The van der Waals surface area contributed by atoms with Crippen LogP contribution in [-0.2, 0) is 6.42 Å². The highest BCUT2D eigenvalue weighted by atomic mass is 35.5. The number of nitrogens with zero attached hydrogens (tertiary/aromatic N) is 3. The Bertz CT molecular complexity index is 645. The topological polar surface area (TPSA) is 42.2 Å². The predicted octanol–water partition coefficient (Wildman–Crippen LogP) is 2.95. The molecule has 3 aromatic rings. The number of thiazole rings is 1. The summed E-state index contributed by atoms with van der Waals surface area (Å²) in [6, 6.07) is 3.95. The van der Waals surface area contributed by atoms with Crippen LogP contribution in [0.25, 0.3) is 4.96 Å². The maximum Gasteiger partial charge on any atom is 0.193 e. The molecule has 0 spiro atoms. The zero-order chi connectivity index (χ0) is 13.2. The molecule has 0 saturated heterocycles. The van der Waals surface area contributed by atoms with Crippen LogP contribution in [0.2, 0.25) is 5.02 Å². The molecule has 1 N–H and O–H groups in total. The molecule has 0 saturated carbocycles. The van der Waals surface area contributed by atoms with Gasteiger partial charge in [-0.25, -0.2) is 4.98 Å². The van der Waals surface area contributed by atoms with Gasteiger partial charge in [-0.1, -0.05) is 11.6 Å². The van der Waals surface area contributed by atoms with Crippen molar-refractivity contribution in [3.05, 3.63) is 52.5 Å². The average molecular weight is 293 g/mol. The second-order valence-corrected chi connectivity index (χ2v) is 5.58. The first-order valence-corrected chi connectivity index (χ1v) is 7.22. The average Bonchev–Trinajstić information content (AvgIpc) is 2.98. The maximum atomic E-state index is 5.86. The smallest absolute Gasteiger partial charge is 0.193 e. The number of imidazole rings is 1. The zero-order valence-electron chi connectivity index (χ0n) is 10.4. The van der Waals surface area contributed by atoms with Crippen LogP contribution in [0.15, 0.2) is 36.1 Å². The van der Waals surface area contributed by atoms with Gasteiger partial charge in [0.05, 0.1) is 22.5 Å². The highest BCUT2D eigenvalue weighted by Gasteiger charge is 2.14. The van der Waals surface area contributed by atoms with Crippen molar-refractivity contribution in [2.24, 2.45) is 0 Å². The van der Waals surface area contributed by atoms with Crippen LogP contribution in [-0.4, -0.2) is 21.4 Å². The van der Waals surface area contributed by atoms with E-state index in [1.807, 2.05) is 35.2 Å². The SMILES string of the molecule is CNC(Cc1cn2ccsc2n1)c1ccc(Cl)cn1. The minimum atomic E-state index is 0.141. The second kappa shape index (κ2) is 5.28. The predicted molar refractivity (Wildman–Crippen MR) is 77.8 cm³/mol. The van der Waals surface area contributed by atoms with E-state index in [1.165, 1.54) is 0 Å². The van der Waals surface area contributed by atoms with E-state index in [4.69, 9.17) is 11.6 Å². The summed E-state index contributed by atoms with van der Waals surface area (Å²) >= 11 is 7.50. The first kappa shape index (κ1) is 12.6. The Morgan fingerprint density at radius 3 is 3.05 bits per heavy atom. The minimum absolute atomic E-state index is 0.141. The van der Waals surface area contributed by atoms with E-state index in [-0.39, 0.29) is 6.04 Å². The van der Waals surface area contributed by atoms with Crippen molar-refractivity contribution in [1.82, 2.24) is 19.7 Å². The number of halogens is 1. The van der Waals surface area contributed by atoms with Gasteiger partial charge in [0.25, 0.3) is 0 Å². The largest absolute Gasteiger partial charge is 0.311 e. The van der Waals surface area contributed by atoms with Crippen molar-refractivity contribution >= 4 is 27.9 Å². The van der Waals surface area contributed by atoms with Gasteiger partial charge in [-0.3, -0.25) is 9.38 Å². The summed E-state index contributed by atoms with van der Waals surface area (Å²) in [5.74, 6) is 0. The number of pyridine rings is 1. The first-order chi connectivity index (χ1) is 9.26. The van der Waals surface area contributed by atoms with Crippen LogP contribution in [0, 0.1) is 0 Å². The van der Waals surface area contributed by atoms with Crippen molar-refractivity contribution in [2.45, 2.75) is 12.5 Å². The van der Waals surface area contributed by atoms with E-state index in [2.05, 4.69) is 21.5 Å². The lowest BCUT2D eigenvalue weighted by Crippen LogP contribution is -2.20. The molecule has 4 nitrogen and oxygen atoms in total. The Hall–Kier alpha value is -1.43. The monoisotopic (exact) mass is 292 g/mol. The molecule has 3 heterocycles. The molecule has 0 amide bonds. The lowest BCUT2D eigenvalue weighted by molar-refractivity contribution is 0.570. The van der Waals surface area contributed by atoms with Crippen LogP contribution in [0.3, 0.4) is 0 Å². The fourth-order valence-corrected chi connectivity index (χ4v) is 2.86. The maximum absolute atomic E-state index is 5.86. The first-order valence-electron chi connectivity index (χ1n) is 5.96. The van der Waals surface area contributed by atoms with Crippen LogP contribution >= 0.6 is 22.9 Å². The van der Waals surface area contributed by atoms with Gasteiger partial charge in [0.1, 0.15) is 0 Å². The van der Waals surface area contributed by atoms with Gasteiger partial charge in [-0.2, -0.15) is 0 Å². The number of nitrogens with one attached hydrogen (secondary N) is 1. The number of rotatable bonds is 4. The fourth-order valence-electron chi connectivity index (χ4n) is 2.03. The van der Waals surface area contributed by atoms with Crippen LogP contribution in [0.4, 0.5) is 0 Å². The molecule has 3 rings (SSSR count). The molecule has 0 aliphatic carbocycles. The van der Waals surface area contributed by atoms with E-state index >= 15 is 0 Å². The van der Waals surface area contributed by atoms with Gasteiger partial charge >= 0.3 is 0 Å². The van der Waals surface area contributed by atoms with E-state index in [9.17, 15) is 0 Å². The summed E-state index contributed by atoms with van der Waals surface area (Å²) in [4.78, 5) is 9.97. The molecule has 19 heavy (non-hydrogen) atoms. The lowest BCUT2D eigenvalue weighted by Gasteiger charge is -2.14. The molecule has 98 valence electrons. The molecule has 1 atom stereocenters. The summed E-state index contributed by atoms with van der Waals surface area (Å²) in [7, 11) is 1.93. The Morgan fingerprint density at radius 2 is 2.37 bits per heavy atom. The molecule has 1 unspecified atom stereocenters. The van der Waals surface area contributed by atoms with Crippen LogP contribution in [0.1, 0.15) is 17.4 Å². The van der Waals surface area contributed by atoms with Crippen LogP contribution in [0.5, 0.6) is 0 Å². The molecule has 0 aliphatic rings. The lowest BCUT2D eigenvalue weighted by atomic mass is 10.1. The molecule has 3 aromatic heterocycles. The molecule has 6 heteroatoms. The summed E-state index contributed by atoms with van der Waals surface area (Å²) in [5, 5.41) is 5.96. The molecule has 0 radical (unpaired) electrons. The van der Waals surface area contributed by atoms with Gasteiger partial charge in [-0.05, 0) is 19.2 Å². The van der Waals surface area contributed by atoms with Crippen molar-refractivity contribution in [3.8, 4) is 0 Å². The van der Waals surface area contributed by atoms with Gasteiger partial charge in [0.2, 0.25) is 0 Å². The fraction of sp³-hybridized carbons (Fsp3) is 0.231. The minimum Gasteiger partial charge on any atom is -0.311 e. The second-order valence-electron chi connectivity index (χ2n) is 4.27. The van der Waals surface area contributed by atoms with E-state index in [0.29, 0.717) is 5.02 Å². The highest BCUT2D eigenvalue weighted by Crippen LogP contribution is 2.19. The molecular formula is C13H13ClN4S. The van der Waals surface area contributed by atoms with Crippen molar-refractivity contribution in [1.29, 1.82) is 0 Å². The Morgan fingerprint density at radius 1 is 1.47 bits per heavy atom. The number of hydrogen-bond donors (Lipinski definition) is 1. The Labute approximate surface area is 120 Å². The summed E-state index contributed by atoms with van der Waals surface area (Å²) in [5.41, 5.74) is 2.03. The molecule has 0 aliphatic heterocycles. The highest BCUT2D eigenvalue weighted by molar-refractivity contribution is 7.15. The van der Waals surface area contributed by atoms with Gasteiger partial charge in [-0.15, -0.1) is 11.3 Å². The summed E-state index contributed by atoms with van der Waals surface area (Å²) in [6.07, 6.45) is 6.56. The zero-order valence-corrected chi connectivity index (χ0v) is 11.9. The van der Waals surface area contributed by atoms with Crippen molar-refractivity contribution in [2.75, 3.05) is 7.05 Å². The molecular weight excluding hydrogens is 280 g/mol. The quantitative estimate of drug-likeness (QED) is 0.804. The van der Waals surface area contributed by atoms with Crippen molar-refractivity contribution in [3.63, 3.8) is 0 Å². The molecule has 0 fully saturated rings. The van der Waals surface area contributed by atoms with Gasteiger partial charge < -0.3 is 5.32 Å². The van der Waals surface area contributed by atoms with Crippen molar-refractivity contribution < 1.29 is 0 Å². The van der Waals surface area contributed by atoms with Crippen LogP contribution < -0.4 is 5.32 Å². The van der Waals surface area contributed by atoms with E-state index in [0.717, 1.165) is 22.8 Å². The normalized spacial score (nSPS) is 12.9. The Kier molecular flexibility index (Phi) is 3.50. The number of hydrogen-bond acceptors (Lipinski definition) is 4. The standard InChI is InChI=1S/C13H13ClN4S/c1-15-12(11-3-2-9(14)7-16-11)6-10-8-18-4-5-19-13(18)17-10/h2-5,7-8,12,15H,6H2,1H3. The van der Waals surface area contributed by atoms with E-state index in [1.54, 1.807) is 17.5 Å². The third kappa shape index (κ3) is 2.63. The number of aromatic nitrogens is 3. The third-order valence-electron chi connectivity index (χ3n) is 3.01. The summed E-state index contributed by atoms with van der Waals surface area (Å²) < 4.78 is 2.04. The summed E-state index contributed by atoms with van der Waals surface area (Å²) in [6.45, 7) is 0. The Balaban J connectivity index is 1.83. The third-order valence-corrected chi connectivity index (χ3v) is 4.01. The molecule has 0 bridgehead atoms. The van der Waals surface area contributed by atoms with E-state index < -0.39 is 0 Å². The molecule has 0 aromatic carbocycles. The van der Waals surface area contributed by atoms with Gasteiger partial charge in [0.15, 0.2) is 4.96 Å². The number of fused-ring (bicyclic) bond motifs is 1.